The number of aliphatic hydroxyl groups is 1. The van der Waals surface area contributed by atoms with E-state index in [0.29, 0.717) is 5.92 Å². The second kappa shape index (κ2) is 4.29. The molecule has 0 spiro atoms. The Labute approximate surface area is 86.5 Å². The molecular formula is C8H14N4OS. The zero-order valence-electron chi connectivity index (χ0n) is 7.76. The molecule has 0 bridgehead atoms. The summed E-state index contributed by atoms with van der Waals surface area (Å²) in [4.78, 5) is 4.00. The van der Waals surface area contributed by atoms with Crippen molar-refractivity contribution in [3.05, 3.63) is 6.33 Å². The van der Waals surface area contributed by atoms with Crippen molar-refractivity contribution >= 4 is 11.8 Å². The van der Waals surface area contributed by atoms with Crippen LogP contribution in [0.2, 0.25) is 0 Å². The maximum absolute atomic E-state index is 9.21. The van der Waals surface area contributed by atoms with Gasteiger partial charge in [-0.2, -0.15) is 5.10 Å². The van der Waals surface area contributed by atoms with Gasteiger partial charge in [-0.1, -0.05) is 11.8 Å². The van der Waals surface area contributed by atoms with Crippen molar-refractivity contribution in [2.75, 3.05) is 6.61 Å². The second-order valence-electron chi connectivity index (χ2n) is 3.54. The molecule has 1 saturated carbocycles. The Balaban J connectivity index is 1.92. The number of aliphatic hydroxyl groups excluding tert-OH is 1. The van der Waals surface area contributed by atoms with Crippen LogP contribution in [0.25, 0.3) is 0 Å². The van der Waals surface area contributed by atoms with E-state index in [1.165, 1.54) is 30.9 Å². The molecule has 1 fully saturated rings. The van der Waals surface area contributed by atoms with E-state index in [0.717, 1.165) is 5.16 Å². The molecule has 6 heteroatoms. The molecule has 2 atom stereocenters. The quantitative estimate of drug-likeness (QED) is 0.600. The number of H-pyrrole nitrogens is 1. The third-order valence-electron chi connectivity index (χ3n) is 2.43. The number of nitrogens with zero attached hydrogens (tertiary/aromatic N) is 2. The Kier molecular flexibility index (Phi) is 3.05. The number of nitrogens with two attached hydrogens (primary N) is 1. The summed E-state index contributed by atoms with van der Waals surface area (Å²) in [6, 6.07) is 0.0649. The molecule has 78 valence electrons. The van der Waals surface area contributed by atoms with Gasteiger partial charge in [0.15, 0.2) is 5.16 Å². The van der Waals surface area contributed by atoms with Gasteiger partial charge in [0.2, 0.25) is 0 Å². The highest BCUT2D eigenvalue weighted by Gasteiger charge is 2.34. The first kappa shape index (κ1) is 9.95. The Bertz CT molecular complexity index is 275. The van der Waals surface area contributed by atoms with Crippen LogP contribution >= 0.6 is 11.8 Å². The number of hydrogen-bond acceptors (Lipinski definition) is 5. The fourth-order valence-corrected chi connectivity index (χ4v) is 2.37. The van der Waals surface area contributed by atoms with Crippen LogP contribution in [0.3, 0.4) is 0 Å². The summed E-state index contributed by atoms with van der Waals surface area (Å²) >= 11 is 1.47. The van der Waals surface area contributed by atoms with Gasteiger partial charge in [-0.25, -0.2) is 4.98 Å². The number of hydrogen-bond donors (Lipinski definition) is 3. The fourth-order valence-electron chi connectivity index (χ4n) is 1.42. The molecule has 1 heterocycles. The lowest BCUT2D eigenvalue weighted by Crippen LogP contribution is -2.36. The average molecular weight is 214 g/mol. The number of rotatable bonds is 5. The summed E-state index contributed by atoms with van der Waals surface area (Å²) in [5, 5.41) is 16.5. The predicted octanol–water partition coefficient (Wildman–Crippen LogP) is -0.00500. The molecule has 2 unspecified atom stereocenters. The van der Waals surface area contributed by atoms with E-state index >= 15 is 0 Å². The SMILES string of the molecule is NC(C1CC1)C(CO)Sc1ncn[nH]1. The van der Waals surface area contributed by atoms with Crippen molar-refractivity contribution in [3.63, 3.8) is 0 Å². The first-order valence-corrected chi connectivity index (χ1v) is 5.57. The zero-order valence-corrected chi connectivity index (χ0v) is 8.57. The normalized spacial score (nSPS) is 20.7. The first-order valence-electron chi connectivity index (χ1n) is 4.69. The highest BCUT2D eigenvalue weighted by Crippen LogP contribution is 2.36. The minimum atomic E-state index is 0.0236. The van der Waals surface area contributed by atoms with Gasteiger partial charge in [-0.3, -0.25) is 5.10 Å². The highest BCUT2D eigenvalue weighted by molar-refractivity contribution is 7.99. The van der Waals surface area contributed by atoms with Gasteiger partial charge in [0.25, 0.3) is 0 Å². The van der Waals surface area contributed by atoms with E-state index in [2.05, 4.69) is 15.2 Å². The second-order valence-corrected chi connectivity index (χ2v) is 4.77. The lowest BCUT2D eigenvalue weighted by atomic mass is 10.1. The summed E-state index contributed by atoms with van der Waals surface area (Å²) in [6.45, 7) is 0.0863. The van der Waals surface area contributed by atoms with E-state index in [1.807, 2.05) is 0 Å². The minimum Gasteiger partial charge on any atom is -0.395 e. The Hall–Kier alpha value is -0.590. The van der Waals surface area contributed by atoms with Gasteiger partial charge < -0.3 is 10.8 Å². The summed E-state index contributed by atoms with van der Waals surface area (Å²) < 4.78 is 0. The number of aromatic nitrogens is 3. The van der Waals surface area contributed by atoms with Crippen LogP contribution < -0.4 is 5.73 Å². The van der Waals surface area contributed by atoms with E-state index in [9.17, 15) is 5.11 Å². The molecule has 0 amide bonds. The van der Waals surface area contributed by atoms with E-state index in [4.69, 9.17) is 5.73 Å². The van der Waals surface area contributed by atoms with Crippen LogP contribution in [0.5, 0.6) is 0 Å². The van der Waals surface area contributed by atoms with Gasteiger partial charge in [0.05, 0.1) is 11.9 Å². The number of thioether (sulfide) groups is 1. The average Bonchev–Trinajstić information content (AvgIpc) is 2.93. The number of nitrogens with one attached hydrogen (secondary N) is 1. The molecule has 4 N–H and O–H groups in total. The molecule has 0 aromatic carbocycles. The molecule has 1 aromatic heterocycles. The molecule has 1 aliphatic rings. The molecule has 2 rings (SSSR count). The van der Waals surface area contributed by atoms with Crippen molar-refractivity contribution in [1.29, 1.82) is 0 Å². The maximum Gasteiger partial charge on any atom is 0.183 e. The summed E-state index contributed by atoms with van der Waals surface area (Å²) in [7, 11) is 0. The topological polar surface area (TPSA) is 87.8 Å². The maximum atomic E-state index is 9.21. The van der Waals surface area contributed by atoms with Crippen molar-refractivity contribution < 1.29 is 5.11 Å². The molecule has 5 nitrogen and oxygen atoms in total. The van der Waals surface area contributed by atoms with Crippen LogP contribution in [0.15, 0.2) is 11.5 Å². The van der Waals surface area contributed by atoms with Gasteiger partial charge in [0, 0.05) is 6.04 Å². The Morgan fingerprint density at radius 3 is 3.00 bits per heavy atom. The molecule has 14 heavy (non-hydrogen) atoms. The van der Waals surface area contributed by atoms with Crippen LogP contribution in [-0.4, -0.2) is 38.2 Å². The molecule has 0 saturated heterocycles. The van der Waals surface area contributed by atoms with Crippen molar-refractivity contribution in [2.45, 2.75) is 29.3 Å². The van der Waals surface area contributed by atoms with Gasteiger partial charge in [-0.05, 0) is 18.8 Å². The number of aromatic amines is 1. The predicted molar refractivity (Wildman–Crippen MR) is 53.8 cm³/mol. The lowest BCUT2D eigenvalue weighted by Gasteiger charge is -2.19. The molecular weight excluding hydrogens is 200 g/mol. The van der Waals surface area contributed by atoms with Crippen LogP contribution in [0, 0.1) is 5.92 Å². The summed E-state index contributed by atoms with van der Waals surface area (Å²) in [5.74, 6) is 0.586. The van der Waals surface area contributed by atoms with E-state index in [1.54, 1.807) is 0 Å². The zero-order chi connectivity index (χ0) is 9.97. The van der Waals surface area contributed by atoms with Gasteiger partial charge >= 0.3 is 0 Å². The van der Waals surface area contributed by atoms with E-state index in [-0.39, 0.29) is 17.9 Å². The molecule has 0 radical (unpaired) electrons. The molecule has 0 aliphatic heterocycles. The van der Waals surface area contributed by atoms with Crippen LogP contribution in [0.1, 0.15) is 12.8 Å². The highest BCUT2D eigenvalue weighted by atomic mass is 32.2. The van der Waals surface area contributed by atoms with Gasteiger partial charge in [0.1, 0.15) is 6.33 Å². The summed E-state index contributed by atoms with van der Waals surface area (Å²) in [6.07, 6.45) is 3.84. The first-order chi connectivity index (χ1) is 6.81. The van der Waals surface area contributed by atoms with E-state index < -0.39 is 0 Å². The lowest BCUT2D eigenvalue weighted by molar-refractivity contribution is 0.277. The van der Waals surface area contributed by atoms with Gasteiger partial charge in [-0.15, -0.1) is 0 Å². The molecule has 1 aliphatic carbocycles. The third kappa shape index (κ3) is 2.26. The largest absolute Gasteiger partial charge is 0.395 e. The van der Waals surface area contributed by atoms with Crippen molar-refractivity contribution in [3.8, 4) is 0 Å². The van der Waals surface area contributed by atoms with Crippen LogP contribution in [0.4, 0.5) is 0 Å². The minimum absolute atomic E-state index is 0.0236. The smallest absolute Gasteiger partial charge is 0.183 e. The van der Waals surface area contributed by atoms with Crippen molar-refractivity contribution in [1.82, 2.24) is 15.2 Å². The third-order valence-corrected chi connectivity index (χ3v) is 3.62. The monoisotopic (exact) mass is 214 g/mol. The fraction of sp³-hybridized carbons (Fsp3) is 0.750. The standard InChI is InChI=1S/C8H14N4OS/c9-7(5-1-2-5)6(3-13)14-8-10-4-11-12-8/h4-7,13H,1-3,9H2,(H,10,11,12). The Morgan fingerprint density at radius 1 is 1.71 bits per heavy atom. The summed E-state index contributed by atoms with van der Waals surface area (Å²) in [5.41, 5.74) is 6.01. The van der Waals surface area contributed by atoms with Crippen molar-refractivity contribution in [2.24, 2.45) is 11.7 Å². The molecule has 1 aromatic rings. The van der Waals surface area contributed by atoms with Crippen LogP contribution in [-0.2, 0) is 0 Å². The Morgan fingerprint density at radius 2 is 2.50 bits per heavy atom.